The van der Waals surface area contributed by atoms with E-state index in [1.165, 1.54) is 0 Å². The van der Waals surface area contributed by atoms with E-state index in [1.54, 1.807) is 41.3 Å². The highest BCUT2D eigenvalue weighted by Crippen LogP contribution is 2.38. The number of hydrogen-bond acceptors (Lipinski definition) is 4. The van der Waals surface area contributed by atoms with Gasteiger partial charge in [0.15, 0.2) is 0 Å². The molecule has 0 aromatic heterocycles. The molecule has 3 atom stereocenters. The Morgan fingerprint density at radius 3 is 2.17 bits per heavy atom. The van der Waals surface area contributed by atoms with Crippen molar-refractivity contribution < 1.29 is 19.1 Å². The van der Waals surface area contributed by atoms with Gasteiger partial charge >= 0.3 is 6.09 Å². The highest BCUT2D eigenvalue weighted by Gasteiger charge is 2.43. The molecular formula is C28H29ClN2O4. The summed E-state index contributed by atoms with van der Waals surface area (Å²) >= 11 is 5.94. The average Bonchev–Trinajstić information content (AvgIpc) is 3.20. The Kier molecular flexibility index (Phi) is 7.61. The van der Waals surface area contributed by atoms with Crippen LogP contribution in [0, 0.1) is 11.8 Å². The molecule has 1 heterocycles. The first kappa shape index (κ1) is 24.6. The minimum absolute atomic E-state index is 0.0509. The highest BCUT2D eigenvalue weighted by molar-refractivity contribution is 6.30. The van der Waals surface area contributed by atoms with Gasteiger partial charge in [-0.3, -0.25) is 9.69 Å². The molecule has 182 valence electrons. The lowest BCUT2D eigenvalue weighted by Gasteiger charge is -2.26. The molecule has 3 aromatic rings. The van der Waals surface area contributed by atoms with E-state index in [0.29, 0.717) is 22.2 Å². The van der Waals surface area contributed by atoms with E-state index in [9.17, 15) is 9.59 Å². The second-order valence-electron chi connectivity index (χ2n) is 8.98. The van der Waals surface area contributed by atoms with Crippen LogP contribution in [0.4, 0.5) is 10.5 Å². The maximum absolute atomic E-state index is 13.0. The molecule has 0 aliphatic carbocycles. The smallest absolute Gasteiger partial charge is 0.415 e. The van der Waals surface area contributed by atoms with Crippen LogP contribution in [0.2, 0.25) is 5.02 Å². The van der Waals surface area contributed by atoms with Crippen molar-refractivity contribution in [2.24, 2.45) is 11.8 Å². The van der Waals surface area contributed by atoms with E-state index >= 15 is 0 Å². The molecule has 1 fully saturated rings. The van der Waals surface area contributed by atoms with Gasteiger partial charge < -0.3 is 14.8 Å². The van der Waals surface area contributed by atoms with Gasteiger partial charge in [0.05, 0.1) is 6.54 Å². The summed E-state index contributed by atoms with van der Waals surface area (Å²) in [7, 11) is 0. The minimum Gasteiger partial charge on any atom is -0.457 e. The molecule has 1 aliphatic heterocycles. The molecule has 7 heteroatoms. The Labute approximate surface area is 210 Å². The molecule has 1 N–H and O–H groups in total. The van der Waals surface area contributed by atoms with Gasteiger partial charge in [0.2, 0.25) is 5.91 Å². The van der Waals surface area contributed by atoms with Crippen LogP contribution < -0.4 is 15.0 Å². The zero-order chi connectivity index (χ0) is 24.9. The van der Waals surface area contributed by atoms with Gasteiger partial charge in [0, 0.05) is 16.6 Å². The van der Waals surface area contributed by atoms with Crippen molar-refractivity contribution in [2.45, 2.75) is 32.9 Å². The van der Waals surface area contributed by atoms with Gasteiger partial charge in [0.1, 0.15) is 23.6 Å². The standard InChI is InChI=1S/C28H29ClN2O4/c1-18(2)19(3)27(32)30-17-25-26(20-7-5-4-6-8-20)31(28(33)35-25)22-11-15-24(16-12-22)34-23-13-9-21(29)10-14-23/h4-16,18-19,25-26H,17H2,1-3H3,(H,30,32)/t19-,25+,26+/m1/s1. The maximum Gasteiger partial charge on any atom is 0.415 e. The predicted molar refractivity (Wildman–Crippen MR) is 137 cm³/mol. The molecule has 1 saturated heterocycles. The molecule has 0 bridgehead atoms. The molecule has 0 saturated carbocycles. The number of hydrogen-bond donors (Lipinski definition) is 1. The SMILES string of the molecule is CC(C)[C@@H](C)C(=O)NC[C@@H]1OC(=O)N(c2ccc(Oc3ccc(Cl)cc3)cc2)[C@H]1c1ccccc1. The third kappa shape index (κ3) is 5.77. The van der Waals surface area contributed by atoms with Crippen LogP contribution in [-0.2, 0) is 9.53 Å². The van der Waals surface area contributed by atoms with Crippen molar-refractivity contribution in [1.82, 2.24) is 5.32 Å². The molecular weight excluding hydrogens is 464 g/mol. The summed E-state index contributed by atoms with van der Waals surface area (Å²) in [6.07, 6.45) is -0.986. The van der Waals surface area contributed by atoms with E-state index in [-0.39, 0.29) is 30.3 Å². The summed E-state index contributed by atoms with van der Waals surface area (Å²) in [5, 5.41) is 3.60. The van der Waals surface area contributed by atoms with E-state index in [0.717, 1.165) is 5.56 Å². The molecule has 0 unspecified atom stereocenters. The van der Waals surface area contributed by atoms with Crippen molar-refractivity contribution in [1.29, 1.82) is 0 Å². The highest BCUT2D eigenvalue weighted by atomic mass is 35.5. The molecule has 3 aromatic carbocycles. The number of carbonyl (C=O) groups is 2. The summed E-state index contributed by atoms with van der Waals surface area (Å²) in [6.45, 7) is 6.15. The fraction of sp³-hybridized carbons (Fsp3) is 0.286. The van der Waals surface area contributed by atoms with Gasteiger partial charge in [-0.05, 0) is 60.0 Å². The Bertz CT molecular complexity index is 1150. The third-order valence-electron chi connectivity index (χ3n) is 6.28. The number of halogens is 1. The van der Waals surface area contributed by atoms with Crippen LogP contribution in [-0.4, -0.2) is 24.6 Å². The van der Waals surface area contributed by atoms with Crippen LogP contribution in [0.3, 0.4) is 0 Å². The normalized spacial score (nSPS) is 18.3. The van der Waals surface area contributed by atoms with Crippen LogP contribution in [0.25, 0.3) is 0 Å². The number of nitrogens with zero attached hydrogens (tertiary/aromatic N) is 1. The Morgan fingerprint density at radius 1 is 0.971 bits per heavy atom. The van der Waals surface area contributed by atoms with E-state index in [2.05, 4.69) is 5.32 Å². The summed E-state index contributed by atoms with van der Waals surface area (Å²) < 4.78 is 11.6. The van der Waals surface area contributed by atoms with Crippen molar-refractivity contribution in [2.75, 3.05) is 11.4 Å². The van der Waals surface area contributed by atoms with Crippen LogP contribution in [0.5, 0.6) is 11.5 Å². The lowest BCUT2D eigenvalue weighted by molar-refractivity contribution is -0.126. The number of carbonyl (C=O) groups excluding carboxylic acids is 2. The van der Waals surface area contributed by atoms with Gasteiger partial charge in [-0.25, -0.2) is 4.79 Å². The number of amides is 2. The summed E-state index contributed by atoms with van der Waals surface area (Å²) in [5.74, 6) is 1.33. The lowest BCUT2D eigenvalue weighted by Crippen LogP contribution is -2.40. The number of cyclic esters (lactones) is 1. The summed E-state index contributed by atoms with van der Waals surface area (Å²) in [4.78, 5) is 27.2. The largest absolute Gasteiger partial charge is 0.457 e. The van der Waals surface area contributed by atoms with Crippen LogP contribution in [0.15, 0.2) is 78.9 Å². The lowest BCUT2D eigenvalue weighted by atomic mass is 9.96. The molecule has 35 heavy (non-hydrogen) atoms. The number of ether oxygens (including phenoxy) is 2. The van der Waals surface area contributed by atoms with E-state index in [4.69, 9.17) is 21.1 Å². The fourth-order valence-corrected chi connectivity index (χ4v) is 4.07. The molecule has 0 spiro atoms. The first-order valence-corrected chi connectivity index (χ1v) is 12.1. The van der Waals surface area contributed by atoms with Crippen molar-refractivity contribution >= 4 is 29.3 Å². The number of anilines is 1. The first-order valence-electron chi connectivity index (χ1n) is 11.7. The Morgan fingerprint density at radius 2 is 1.57 bits per heavy atom. The average molecular weight is 493 g/mol. The van der Waals surface area contributed by atoms with Crippen molar-refractivity contribution in [3.05, 3.63) is 89.4 Å². The Balaban J connectivity index is 1.55. The third-order valence-corrected chi connectivity index (χ3v) is 6.53. The van der Waals surface area contributed by atoms with Crippen LogP contribution >= 0.6 is 11.6 Å². The minimum atomic E-state index is -0.529. The van der Waals surface area contributed by atoms with Crippen molar-refractivity contribution in [3.8, 4) is 11.5 Å². The van der Waals surface area contributed by atoms with E-state index in [1.807, 2.05) is 63.2 Å². The number of nitrogens with one attached hydrogen (secondary N) is 1. The maximum atomic E-state index is 13.0. The topological polar surface area (TPSA) is 67.9 Å². The number of rotatable bonds is 8. The van der Waals surface area contributed by atoms with Gasteiger partial charge in [0.25, 0.3) is 0 Å². The monoisotopic (exact) mass is 492 g/mol. The number of benzene rings is 3. The molecule has 2 amide bonds. The quantitative estimate of drug-likeness (QED) is 0.384. The Hall–Kier alpha value is -3.51. The first-order chi connectivity index (χ1) is 16.8. The second-order valence-corrected chi connectivity index (χ2v) is 9.41. The van der Waals surface area contributed by atoms with Gasteiger partial charge in [-0.1, -0.05) is 62.7 Å². The van der Waals surface area contributed by atoms with Crippen molar-refractivity contribution in [3.63, 3.8) is 0 Å². The van der Waals surface area contributed by atoms with Gasteiger partial charge in [-0.15, -0.1) is 0 Å². The van der Waals surface area contributed by atoms with Crippen LogP contribution in [0.1, 0.15) is 32.4 Å². The second kappa shape index (κ2) is 10.8. The fourth-order valence-electron chi connectivity index (χ4n) is 3.94. The zero-order valence-electron chi connectivity index (χ0n) is 20.0. The summed E-state index contributed by atoms with van der Waals surface area (Å²) in [6, 6.07) is 23.7. The molecule has 0 radical (unpaired) electrons. The van der Waals surface area contributed by atoms with E-state index < -0.39 is 12.2 Å². The zero-order valence-corrected chi connectivity index (χ0v) is 20.7. The summed E-state index contributed by atoms with van der Waals surface area (Å²) in [5.41, 5.74) is 1.60. The van der Waals surface area contributed by atoms with Gasteiger partial charge in [-0.2, -0.15) is 0 Å². The predicted octanol–water partition coefficient (Wildman–Crippen LogP) is 6.61. The molecule has 1 aliphatic rings. The molecule has 6 nitrogen and oxygen atoms in total. The molecule has 4 rings (SSSR count).